The molecule has 0 radical (unpaired) electrons. The number of rotatable bonds is 8. The molecule has 0 saturated carbocycles. The minimum Gasteiger partial charge on any atom is -0.387 e. The van der Waals surface area contributed by atoms with E-state index in [2.05, 4.69) is 10.6 Å². The van der Waals surface area contributed by atoms with E-state index in [1.165, 1.54) is 0 Å². The average Bonchev–Trinajstić information content (AvgIpc) is 2.58. The second kappa shape index (κ2) is 9.25. The first-order valence-corrected chi connectivity index (χ1v) is 8.36. The van der Waals surface area contributed by atoms with Crippen LogP contribution in [0.2, 0.25) is 0 Å². The van der Waals surface area contributed by atoms with Crippen molar-refractivity contribution in [1.29, 1.82) is 0 Å². The van der Waals surface area contributed by atoms with Crippen LogP contribution in [-0.2, 0) is 4.74 Å². The molecule has 2 rings (SSSR count). The molecule has 0 fully saturated rings. The van der Waals surface area contributed by atoms with Crippen LogP contribution < -0.4 is 10.6 Å². The summed E-state index contributed by atoms with van der Waals surface area (Å²) in [5.74, 6) is 0. The first-order chi connectivity index (χ1) is 11.6. The van der Waals surface area contributed by atoms with Gasteiger partial charge in [-0.1, -0.05) is 36.4 Å². The predicted octanol–water partition coefficient (Wildman–Crippen LogP) is 2.99. The molecule has 0 aliphatic carbocycles. The highest BCUT2D eigenvalue weighted by Crippen LogP contribution is 2.19. The molecule has 2 aromatic rings. The van der Waals surface area contributed by atoms with E-state index < -0.39 is 6.10 Å². The van der Waals surface area contributed by atoms with Crippen LogP contribution in [0.4, 0.5) is 4.79 Å². The summed E-state index contributed by atoms with van der Waals surface area (Å²) in [4.78, 5) is 11.7. The average molecular weight is 330 g/mol. The fourth-order valence-electron chi connectivity index (χ4n) is 2.38. The van der Waals surface area contributed by atoms with Crippen molar-refractivity contribution in [3.63, 3.8) is 0 Å². The van der Waals surface area contributed by atoms with Crippen molar-refractivity contribution in [3.05, 3.63) is 48.0 Å². The Morgan fingerprint density at radius 1 is 1.12 bits per heavy atom. The zero-order chi connectivity index (χ0) is 17.4. The van der Waals surface area contributed by atoms with Crippen LogP contribution in [0.1, 0.15) is 31.9 Å². The number of nitrogens with one attached hydrogen (secondary N) is 2. The molecular formula is C19H26N2O3. The fourth-order valence-corrected chi connectivity index (χ4v) is 2.38. The third kappa shape index (κ3) is 5.83. The van der Waals surface area contributed by atoms with Gasteiger partial charge in [-0.15, -0.1) is 0 Å². The molecule has 0 aromatic heterocycles. The summed E-state index contributed by atoms with van der Waals surface area (Å²) in [7, 11) is 0. The first-order valence-electron chi connectivity index (χ1n) is 8.36. The van der Waals surface area contributed by atoms with E-state index >= 15 is 0 Å². The molecule has 1 atom stereocenters. The maximum Gasteiger partial charge on any atom is 0.314 e. The molecule has 2 aromatic carbocycles. The van der Waals surface area contributed by atoms with Crippen molar-refractivity contribution >= 4 is 16.8 Å². The SMILES string of the molecule is CC(C)OCCCNC(=O)NCC(O)c1ccc2ccccc2c1. The van der Waals surface area contributed by atoms with Crippen LogP contribution in [0, 0.1) is 0 Å². The lowest BCUT2D eigenvalue weighted by Gasteiger charge is -2.14. The number of fused-ring (bicyclic) bond motifs is 1. The van der Waals surface area contributed by atoms with Gasteiger partial charge in [0.05, 0.1) is 12.2 Å². The number of amides is 2. The summed E-state index contributed by atoms with van der Waals surface area (Å²) in [6, 6.07) is 13.5. The van der Waals surface area contributed by atoms with E-state index in [1.807, 2.05) is 56.3 Å². The normalized spacial score (nSPS) is 12.3. The highest BCUT2D eigenvalue weighted by Gasteiger charge is 2.10. The fraction of sp³-hybridized carbons (Fsp3) is 0.421. The third-order valence-corrected chi connectivity index (χ3v) is 3.67. The number of hydrogen-bond acceptors (Lipinski definition) is 3. The Hall–Kier alpha value is -2.11. The maximum absolute atomic E-state index is 11.7. The van der Waals surface area contributed by atoms with Gasteiger partial charge in [-0.3, -0.25) is 0 Å². The van der Waals surface area contributed by atoms with Crippen molar-refractivity contribution in [2.75, 3.05) is 19.7 Å². The summed E-state index contributed by atoms with van der Waals surface area (Å²) < 4.78 is 5.40. The number of aliphatic hydroxyl groups is 1. The number of aliphatic hydroxyl groups excluding tert-OH is 1. The molecule has 2 amide bonds. The number of carbonyl (C=O) groups is 1. The van der Waals surface area contributed by atoms with Gasteiger partial charge in [0.1, 0.15) is 0 Å². The number of benzene rings is 2. The van der Waals surface area contributed by atoms with Gasteiger partial charge in [0.15, 0.2) is 0 Å². The summed E-state index contributed by atoms with van der Waals surface area (Å²) in [5, 5.41) is 17.9. The van der Waals surface area contributed by atoms with Crippen LogP contribution in [0.3, 0.4) is 0 Å². The van der Waals surface area contributed by atoms with Crippen LogP contribution in [0.5, 0.6) is 0 Å². The molecule has 1 unspecified atom stereocenters. The Morgan fingerprint density at radius 3 is 2.62 bits per heavy atom. The molecule has 5 heteroatoms. The summed E-state index contributed by atoms with van der Waals surface area (Å²) in [6.45, 7) is 5.30. The number of carbonyl (C=O) groups excluding carboxylic acids is 1. The molecule has 24 heavy (non-hydrogen) atoms. The second-order valence-electron chi connectivity index (χ2n) is 6.03. The van der Waals surface area contributed by atoms with Crippen LogP contribution >= 0.6 is 0 Å². The van der Waals surface area contributed by atoms with Crippen molar-refractivity contribution in [2.45, 2.75) is 32.5 Å². The zero-order valence-corrected chi connectivity index (χ0v) is 14.3. The maximum atomic E-state index is 11.7. The predicted molar refractivity (Wildman–Crippen MR) is 96.0 cm³/mol. The van der Waals surface area contributed by atoms with Gasteiger partial charge >= 0.3 is 6.03 Å². The van der Waals surface area contributed by atoms with E-state index in [0.29, 0.717) is 13.2 Å². The van der Waals surface area contributed by atoms with Crippen molar-refractivity contribution in [2.24, 2.45) is 0 Å². The van der Waals surface area contributed by atoms with Crippen molar-refractivity contribution < 1.29 is 14.6 Å². The Kier molecular flexibility index (Phi) is 7.03. The van der Waals surface area contributed by atoms with Crippen LogP contribution in [0.25, 0.3) is 10.8 Å². The van der Waals surface area contributed by atoms with Gasteiger partial charge in [-0.05, 0) is 42.7 Å². The molecule has 0 spiro atoms. The monoisotopic (exact) mass is 330 g/mol. The number of ether oxygens (including phenoxy) is 1. The van der Waals surface area contributed by atoms with Crippen LogP contribution in [-0.4, -0.2) is 36.9 Å². The van der Waals surface area contributed by atoms with Gasteiger partial charge in [0.2, 0.25) is 0 Å². The molecule has 0 aliphatic heterocycles. The largest absolute Gasteiger partial charge is 0.387 e. The smallest absolute Gasteiger partial charge is 0.314 e. The lowest BCUT2D eigenvalue weighted by Crippen LogP contribution is -2.38. The van der Waals surface area contributed by atoms with Gasteiger partial charge in [0, 0.05) is 19.7 Å². The lowest BCUT2D eigenvalue weighted by atomic mass is 10.0. The summed E-state index contributed by atoms with van der Waals surface area (Å²) in [5.41, 5.74) is 0.791. The van der Waals surface area contributed by atoms with Gasteiger partial charge in [0.25, 0.3) is 0 Å². The minimum absolute atomic E-state index is 0.173. The van der Waals surface area contributed by atoms with Gasteiger partial charge in [-0.2, -0.15) is 0 Å². The standard InChI is InChI=1S/C19H26N2O3/c1-14(2)24-11-5-10-20-19(23)21-13-18(22)17-9-8-15-6-3-4-7-16(15)12-17/h3-4,6-9,12,14,18,22H,5,10-11,13H2,1-2H3,(H2,20,21,23). The zero-order valence-electron chi connectivity index (χ0n) is 14.3. The Balaban J connectivity index is 1.73. The van der Waals surface area contributed by atoms with E-state index in [-0.39, 0.29) is 18.7 Å². The van der Waals surface area contributed by atoms with E-state index in [1.54, 1.807) is 0 Å². The molecule has 0 saturated heterocycles. The molecule has 3 N–H and O–H groups in total. The Morgan fingerprint density at radius 2 is 1.88 bits per heavy atom. The number of urea groups is 1. The third-order valence-electron chi connectivity index (χ3n) is 3.67. The topological polar surface area (TPSA) is 70.6 Å². The molecule has 0 aliphatic rings. The molecular weight excluding hydrogens is 304 g/mol. The van der Waals surface area contributed by atoms with E-state index in [4.69, 9.17) is 4.74 Å². The minimum atomic E-state index is -0.732. The second-order valence-corrected chi connectivity index (χ2v) is 6.03. The first kappa shape index (κ1) is 18.2. The summed E-state index contributed by atoms with van der Waals surface area (Å²) >= 11 is 0. The van der Waals surface area contributed by atoms with Crippen molar-refractivity contribution in [3.8, 4) is 0 Å². The van der Waals surface area contributed by atoms with Gasteiger partial charge < -0.3 is 20.5 Å². The molecule has 130 valence electrons. The molecule has 0 heterocycles. The van der Waals surface area contributed by atoms with E-state index in [9.17, 15) is 9.90 Å². The highest BCUT2D eigenvalue weighted by molar-refractivity contribution is 5.83. The van der Waals surface area contributed by atoms with Crippen LogP contribution in [0.15, 0.2) is 42.5 Å². The van der Waals surface area contributed by atoms with Crippen molar-refractivity contribution in [1.82, 2.24) is 10.6 Å². The molecule has 0 bridgehead atoms. The molecule has 5 nitrogen and oxygen atoms in total. The lowest BCUT2D eigenvalue weighted by molar-refractivity contribution is 0.0774. The van der Waals surface area contributed by atoms with E-state index in [0.717, 1.165) is 22.8 Å². The highest BCUT2D eigenvalue weighted by atomic mass is 16.5. The Bertz CT molecular complexity index is 658. The quantitative estimate of drug-likeness (QED) is 0.652. The Labute approximate surface area is 143 Å². The number of hydrogen-bond donors (Lipinski definition) is 3. The van der Waals surface area contributed by atoms with Gasteiger partial charge in [-0.25, -0.2) is 4.79 Å². The summed E-state index contributed by atoms with van der Waals surface area (Å²) in [6.07, 6.45) is 0.235.